The van der Waals surface area contributed by atoms with Crippen LogP contribution in [0.2, 0.25) is 0 Å². The van der Waals surface area contributed by atoms with E-state index < -0.39 is 0 Å². The van der Waals surface area contributed by atoms with Crippen molar-refractivity contribution >= 4 is 29.8 Å². The first-order chi connectivity index (χ1) is 13.5. The molecule has 1 aliphatic rings. The SMILES string of the molecule is CCc1n[nH]c(=S)n1/N=C\c1cc(C)n(-c2sc3c(c2C#N)CCCC3)c1C. The van der Waals surface area contributed by atoms with Gasteiger partial charge in [0.05, 0.1) is 11.8 Å². The Labute approximate surface area is 173 Å². The molecule has 1 aliphatic carbocycles. The Balaban J connectivity index is 1.78. The van der Waals surface area contributed by atoms with Gasteiger partial charge in [0.1, 0.15) is 11.1 Å². The summed E-state index contributed by atoms with van der Waals surface area (Å²) in [5.41, 5.74) is 5.28. The minimum absolute atomic E-state index is 0.486. The smallest absolute Gasteiger partial charge is 0.216 e. The van der Waals surface area contributed by atoms with Crippen molar-refractivity contribution in [3.05, 3.63) is 49.6 Å². The highest BCUT2D eigenvalue weighted by atomic mass is 32.1. The molecule has 0 atom stereocenters. The minimum Gasteiger partial charge on any atom is -0.308 e. The zero-order chi connectivity index (χ0) is 19.8. The van der Waals surface area contributed by atoms with Gasteiger partial charge >= 0.3 is 0 Å². The fourth-order valence-corrected chi connectivity index (χ4v) is 5.50. The summed E-state index contributed by atoms with van der Waals surface area (Å²) < 4.78 is 4.34. The van der Waals surface area contributed by atoms with Crippen molar-refractivity contribution < 1.29 is 0 Å². The monoisotopic (exact) mass is 410 g/mol. The molecule has 0 saturated carbocycles. The predicted octanol–water partition coefficient (Wildman–Crippen LogP) is 4.60. The number of thiophene rings is 1. The Hall–Kier alpha value is -2.50. The number of aromatic nitrogens is 4. The molecule has 0 unspecified atom stereocenters. The van der Waals surface area contributed by atoms with E-state index in [4.69, 9.17) is 12.2 Å². The van der Waals surface area contributed by atoms with E-state index in [9.17, 15) is 5.26 Å². The van der Waals surface area contributed by atoms with E-state index in [-0.39, 0.29) is 0 Å². The second kappa shape index (κ2) is 7.49. The van der Waals surface area contributed by atoms with E-state index >= 15 is 0 Å². The quantitative estimate of drug-likeness (QED) is 0.504. The first-order valence-corrected chi connectivity index (χ1v) is 10.7. The van der Waals surface area contributed by atoms with E-state index in [1.807, 2.05) is 13.1 Å². The standard InChI is InChI=1S/C20H22N6S2/c1-4-18-23-24-20(27)26(18)22-11-14-9-12(2)25(13(14)3)19-16(10-21)15-7-5-6-8-17(15)28-19/h9,11H,4-8H2,1-3H3,(H,24,27)/b22-11-. The number of aromatic amines is 1. The van der Waals surface area contributed by atoms with Crippen LogP contribution in [0, 0.1) is 29.9 Å². The van der Waals surface area contributed by atoms with Crippen LogP contribution >= 0.6 is 23.6 Å². The Morgan fingerprint density at radius 3 is 2.93 bits per heavy atom. The average Bonchev–Trinajstić information content (AvgIpc) is 3.32. The molecule has 1 N–H and O–H groups in total. The lowest BCUT2D eigenvalue weighted by Gasteiger charge is -2.10. The molecule has 3 aromatic rings. The fourth-order valence-electron chi connectivity index (χ4n) is 3.85. The molecule has 3 aromatic heterocycles. The molecule has 0 saturated heterocycles. The summed E-state index contributed by atoms with van der Waals surface area (Å²) in [6.45, 7) is 6.17. The number of hydrogen-bond acceptors (Lipinski definition) is 5. The number of aryl methyl sites for hydroxylation is 3. The summed E-state index contributed by atoms with van der Waals surface area (Å²) in [6.07, 6.45) is 7.05. The largest absolute Gasteiger partial charge is 0.308 e. The zero-order valence-electron chi connectivity index (χ0n) is 16.2. The van der Waals surface area contributed by atoms with Gasteiger partial charge in [0.15, 0.2) is 5.82 Å². The summed E-state index contributed by atoms with van der Waals surface area (Å²) in [5, 5.41) is 22.4. The van der Waals surface area contributed by atoms with Crippen LogP contribution in [0.4, 0.5) is 0 Å². The van der Waals surface area contributed by atoms with Crippen molar-refractivity contribution in [2.75, 3.05) is 0 Å². The molecule has 0 aliphatic heterocycles. The third-order valence-corrected chi connectivity index (χ3v) is 6.83. The maximum Gasteiger partial charge on any atom is 0.216 e. The molecule has 0 aromatic carbocycles. The van der Waals surface area contributed by atoms with Crippen molar-refractivity contribution in [3.8, 4) is 11.1 Å². The summed E-state index contributed by atoms with van der Waals surface area (Å²) in [6, 6.07) is 4.57. The number of nitrogens with zero attached hydrogens (tertiary/aromatic N) is 5. The first kappa shape index (κ1) is 18.8. The summed E-state index contributed by atoms with van der Waals surface area (Å²) >= 11 is 7.03. The van der Waals surface area contributed by atoms with Crippen LogP contribution in [0.5, 0.6) is 0 Å². The van der Waals surface area contributed by atoms with Gasteiger partial charge < -0.3 is 4.57 Å². The molecule has 3 heterocycles. The lowest BCUT2D eigenvalue weighted by Crippen LogP contribution is -2.02. The molecule has 144 valence electrons. The highest BCUT2D eigenvalue weighted by molar-refractivity contribution is 7.71. The molecule has 0 amide bonds. The molecular formula is C20H22N6S2. The number of H-pyrrole nitrogens is 1. The van der Waals surface area contributed by atoms with E-state index in [0.29, 0.717) is 4.77 Å². The van der Waals surface area contributed by atoms with E-state index in [1.54, 1.807) is 16.0 Å². The fraction of sp³-hybridized carbons (Fsp3) is 0.400. The van der Waals surface area contributed by atoms with E-state index in [0.717, 1.165) is 52.6 Å². The zero-order valence-corrected chi connectivity index (χ0v) is 17.9. The summed E-state index contributed by atoms with van der Waals surface area (Å²) in [4.78, 5) is 1.37. The number of nitriles is 1. The van der Waals surface area contributed by atoms with Gasteiger partial charge in [-0.3, -0.25) is 5.10 Å². The molecule has 8 heteroatoms. The Morgan fingerprint density at radius 1 is 1.39 bits per heavy atom. The van der Waals surface area contributed by atoms with Crippen LogP contribution in [0.1, 0.15) is 58.5 Å². The maximum atomic E-state index is 9.82. The van der Waals surface area contributed by atoms with Gasteiger partial charge in [0.25, 0.3) is 0 Å². The van der Waals surface area contributed by atoms with Crippen LogP contribution in [-0.2, 0) is 19.3 Å². The van der Waals surface area contributed by atoms with Gasteiger partial charge in [0, 0.05) is 28.2 Å². The lowest BCUT2D eigenvalue weighted by atomic mass is 9.96. The van der Waals surface area contributed by atoms with Crippen molar-refractivity contribution in [1.29, 1.82) is 5.26 Å². The molecule has 0 fully saturated rings. The van der Waals surface area contributed by atoms with Gasteiger partial charge in [-0.05, 0) is 63.4 Å². The van der Waals surface area contributed by atoms with Crippen molar-refractivity contribution in [3.63, 3.8) is 0 Å². The third-order valence-electron chi connectivity index (χ3n) is 5.28. The Bertz CT molecular complexity index is 1160. The highest BCUT2D eigenvalue weighted by Gasteiger charge is 2.23. The highest BCUT2D eigenvalue weighted by Crippen LogP contribution is 2.38. The number of rotatable bonds is 4. The van der Waals surface area contributed by atoms with Crippen molar-refractivity contribution in [2.45, 2.75) is 52.9 Å². The maximum absolute atomic E-state index is 9.82. The third kappa shape index (κ3) is 3.05. The van der Waals surface area contributed by atoms with Crippen LogP contribution in [0.15, 0.2) is 11.2 Å². The van der Waals surface area contributed by atoms with Gasteiger partial charge in [-0.2, -0.15) is 20.1 Å². The molecule has 0 bridgehead atoms. The van der Waals surface area contributed by atoms with Gasteiger partial charge in [0.2, 0.25) is 4.77 Å². The van der Waals surface area contributed by atoms with Crippen molar-refractivity contribution in [1.82, 2.24) is 19.4 Å². The first-order valence-electron chi connectivity index (χ1n) is 9.49. The predicted molar refractivity (Wildman–Crippen MR) is 114 cm³/mol. The van der Waals surface area contributed by atoms with Gasteiger partial charge in [-0.1, -0.05) is 6.92 Å². The molecule has 28 heavy (non-hydrogen) atoms. The van der Waals surface area contributed by atoms with Gasteiger partial charge in [-0.25, -0.2) is 0 Å². The topological polar surface area (TPSA) is 74.7 Å². The Kier molecular flexibility index (Phi) is 5.04. The lowest BCUT2D eigenvalue weighted by molar-refractivity contribution is 0.695. The molecule has 0 radical (unpaired) electrons. The summed E-state index contributed by atoms with van der Waals surface area (Å²) in [7, 11) is 0. The van der Waals surface area contributed by atoms with Crippen LogP contribution in [0.25, 0.3) is 5.00 Å². The van der Waals surface area contributed by atoms with Crippen LogP contribution < -0.4 is 0 Å². The molecule has 0 spiro atoms. The normalized spacial score (nSPS) is 13.8. The number of hydrogen-bond donors (Lipinski definition) is 1. The summed E-state index contributed by atoms with van der Waals surface area (Å²) in [5.74, 6) is 0.799. The van der Waals surface area contributed by atoms with E-state index in [2.05, 4.69) is 45.8 Å². The number of fused-ring (bicyclic) bond motifs is 1. The molecular weight excluding hydrogens is 388 g/mol. The molecule has 4 rings (SSSR count). The number of nitrogens with one attached hydrogen (secondary N) is 1. The van der Waals surface area contributed by atoms with Gasteiger partial charge in [-0.15, -0.1) is 11.3 Å². The second-order valence-corrected chi connectivity index (χ2v) is 8.49. The van der Waals surface area contributed by atoms with E-state index in [1.165, 1.54) is 23.3 Å². The average molecular weight is 411 g/mol. The van der Waals surface area contributed by atoms with Crippen LogP contribution in [0.3, 0.4) is 0 Å². The minimum atomic E-state index is 0.486. The molecule has 6 nitrogen and oxygen atoms in total. The van der Waals surface area contributed by atoms with Crippen molar-refractivity contribution in [2.24, 2.45) is 5.10 Å². The second-order valence-electron chi connectivity index (χ2n) is 7.02. The van der Waals surface area contributed by atoms with Crippen LogP contribution in [-0.4, -0.2) is 25.7 Å². The Morgan fingerprint density at radius 2 is 2.18 bits per heavy atom.